The Labute approximate surface area is 104 Å². The van der Waals surface area contributed by atoms with Crippen molar-refractivity contribution in [3.8, 4) is 9.75 Å². The van der Waals surface area contributed by atoms with Crippen LogP contribution in [0.5, 0.6) is 0 Å². The van der Waals surface area contributed by atoms with Gasteiger partial charge in [-0.15, -0.1) is 22.7 Å². The van der Waals surface area contributed by atoms with E-state index in [1.54, 1.807) is 18.3 Å². The van der Waals surface area contributed by atoms with Gasteiger partial charge in [0.15, 0.2) is 5.78 Å². The summed E-state index contributed by atoms with van der Waals surface area (Å²) in [5, 5.41) is 0. The highest BCUT2D eigenvalue weighted by Crippen LogP contribution is 2.35. The van der Waals surface area contributed by atoms with E-state index in [-0.39, 0.29) is 5.78 Å². The van der Waals surface area contributed by atoms with Gasteiger partial charge in [0.25, 0.3) is 0 Å². The molecule has 0 radical (unpaired) electrons. The second-order valence-corrected chi connectivity index (χ2v) is 6.28. The van der Waals surface area contributed by atoms with Gasteiger partial charge in [0.2, 0.25) is 0 Å². The summed E-state index contributed by atoms with van der Waals surface area (Å²) in [7, 11) is 0. The molecule has 0 amide bonds. The molecule has 0 bridgehead atoms. The quantitative estimate of drug-likeness (QED) is 0.715. The molecule has 0 aliphatic heterocycles. The number of rotatable bonds is 3. The maximum Gasteiger partial charge on any atom is 0.169 e. The summed E-state index contributed by atoms with van der Waals surface area (Å²) in [6, 6.07) is 8.28. The fourth-order valence-corrected chi connectivity index (χ4v) is 3.46. The monoisotopic (exact) mass is 250 g/mol. The molecule has 0 atom stereocenters. The molecule has 0 saturated carbocycles. The Morgan fingerprint density at radius 3 is 2.19 bits per heavy atom. The van der Waals surface area contributed by atoms with Crippen LogP contribution in [0, 0.1) is 0 Å². The van der Waals surface area contributed by atoms with Crippen LogP contribution in [0.1, 0.15) is 41.2 Å². The summed E-state index contributed by atoms with van der Waals surface area (Å²) < 4.78 is 0. The minimum Gasteiger partial charge on any atom is -0.294 e. The standard InChI is InChI=1S/C13H14OS2/c1-8(2)10-4-6-12(15-10)13-7-5-11(16-13)9(3)14/h4-8H,1-3H3. The van der Waals surface area contributed by atoms with Crippen LogP contribution < -0.4 is 0 Å². The molecule has 0 aromatic carbocycles. The first-order valence-corrected chi connectivity index (χ1v) is 6.92. The van der Waals surface area contributed by atoms with Crippen LogP contribution in [-0.4, -0.2) is 5.78 Å². The summed E-state index contributed by atoms with van der Waals surface area (Å²) >= 11 is 3.40. The molecule has 3 heteroatoms. The van der Waals surface area contributed by atoms with Crippen molar-refractivity contribution in [3.63, 3.8) is 0 Å². The Hall–Kier alpha value is -0.930. The number of carbonyl (C=O) groups excluding carboxylic acids is 1. The van der Waals surface area contributed by atoms with Crippen molar-refractivity contribution in [1.29, 1.82) is 0 Å². The van der Waals surface area contributed by atoms with Gasteiger partial charge in [-0.05, 0) is 37.1 Å². The van der Waals surface area contributed by atoms with Crippen molar-refractivity contribution in [1.82, 2.24) is 0 Å². The molecule has 0 aliphatic rings. The lowest BCUT2D eigenvalue weighted by molar-refractivity contribution is 0.102. The molecule has 16 heavy (non-hydrogen) atoms. The van der Waals surface area contributed by atoms with Crippen LogP contribution in [-0.2, 0) is 0 Å². The Bertz CT molecular complexity index is 505. The van der Waals surface area contributed by atoms with E-state index in [0.717, 1.165) is 4.88 Å². The van der Waals surface area contributed by atoms with Gasteiger partial charge in [0.1, 0.15) is 0 Å². The lowest BCUT2D eigenvalue weighted by Crippen LogP contribution is -1.83. The number of hydrogen-bond donors (Lipinski definition) is 0. The minimum atomic E-state index is 0.150. The lowest BCUT2D eigenvalue weighted by atomic mass is 10.2. The van der Waals surface area contributed by atoms with Gasteiger partial charge in [0.05, 0.1) is 4.88 Å². The molecule has 0 aliphatic carbocycles. The first kappa shape index (κ1) is 11.6. The van der Waals surface area contributed by atoms with E-state index in [2.05, 4.69) is 26.0 Å². The van der Waals surface area contributed by atoms with Gasteiger partial charge >= 0.3 is 0 Å². The summed E-state index contributed by atoms with van der Waals surface area (Å²) in [6.07, 6.45) is 0. The van der Waals surface area contributed by atoms with Crippen molar-refractivity contribution in [2.75, 3.05) is 0 Å². The van der Waals surface area contributed by atoms with Crippen LogP contribution in [0.3, 0.4) is 0 Å². The van der Waals surface area contributed by atoms with Gasteiger partial charge in [-0.3, -0.25) is 4.79 Å². The number of Topliss-reactive ketones (excluding diaryl/α,β-unsaturated/α-hetero) is 1. The predicted molar refractivity (Wildman–Crippen MR) is 71.7 cm³/mol. The lowest BCUT2D eigenvalue weighted by Gasteiger charge is -1.97. The fraction of sp³-hybridized carbons (Fsp3) is 0.308. The zero-order chi connectivity index (χ0) is 11.7. The molecule has 84 valence electrons. The Balaban J connectivity index is 2.31. The third kappa shape index (κ3) is 2.25. The van der Waals surface area contributed by atoms with Crippen molar-refractivity contribution in [2.24, 2.45) is 0 Å². The van der Waals surface area contributed by atoms with E-state index in [9.17, 15) is 4.79 Å². The molecule has 0 saturated heterocycles. The zero-order valence-electron chi connectivity index (χ0n) is 9.61. The van der Waals surface area contributed by atoms with E-state index in [1.165, 1.54) is 14.6 Å². The Kier molecular flexibility index (Phi) is 3.26. The molecule has 0 spiro atoms. The van der Waals surface area contributed by atoms with Crippen molar-refractivity contribution < 1.29 is 4.79 Å². The van der Waals surface area contributed by atoms with E-state index in [4.69, 9.17) is 0 Å². The largest absolute Gasteiger partial charge is 0.294 e. The average molecular weight is 250 g/mol. The van der Waals surface area contributed by atoms with Gasteiger partial charge in [-0.1, -0.05) is 13.8 Å². The number of ketones is 1. The molecule has 0 N–H and O–H groups in total. The molecule has 2 heterocycles. The number of hydrogen-bond acceptors (Lipinski definition) is 3. The summed E-state index contributed by atoms with van der Waals surface area (Å²) in [5.41, 5.74) is 0. The van der Waals surface area contributed by atoms with Crippen LogP contribution in [0.2, 0.25) is 0 Å². The van der Waals surface area contributed by atoms with Crippen LogP contribution in [0.15, 0.2) is 24.3 Å². The highest BCUT2D eigenvalue weighted by molar-refractivity contribution is 7.23. The summed E-state index contributed by atoms with van der Waals surface area (Å²) in [6.45, 7) is 6.01. The maximum absolute atomic E-state index is 11.2. The fourth-order valence-electron chi connectivity index (χ4n) is 1.46. The van der Waals surface area contributed by atoms with Crippen molar-refractivity contribution in [2.45, 2.75) is 26.7 Å². The third-order valence-corrected chi connectivity index (χ3v) is 5.16. The maximum atomic E-state index is 11.2. The van der Waals surface area contributed by atoms with Gasteiger partial charge in [-0.25, -0.2) is 0 Å². The van der Waals surface area contributed by atoms with E-state index in [1.807, 2.05) is 23.5 Å². The topological polar surface area (TPSA) is 17.1 Å². The smallest absolute Gasteiger partial charge is 0.169 e. The highest BCUT2D eigenvalue weighted by atomic mass is 32.1. The van der Waals surface area contributed by atoms with Gasteiger partial charge < -0.3 is 0 Å². The molecule has 0 unspecified atom stereocenters. The van der Waals surface area contributed by atoms with E-state index < -0.39 is 0 Å². The first-order chi connectivity index (χ1) is 7.58. The molecule has 2 aromatic rings. The van der Waals surface area contributed by atoms with Crippen molar-refractivity contribution in [3.05, 3.63) is 34.0 Å². The van der Waals surface area contributed by atoms with Crippen molar-refractivity contribution >= 4 is 28.5 Å². The summed E-state index contributed by atoms with van der Waals surface area (Å²) in [4.78, 5) is 15.9. The highest BCUT2D eigenvalue weighted by Gasteiger charge is 2.09. The molecular weight excluding hydrogens is 236 g/mol. The zero-order valence-corrected chi connectivity index (χ0v) is 11.2. The SMILES string of the molecule is CC(=O)c1ccc(-c2ccc(C(C)C)s2)s1. The van der Waals surface area contributed by atoms with Crippen LogP contribution >= 0.6 is 22.7 Å². The normalized spacial score (nSPS) is 11.0. The Morgan fingerprint density at radius 1 is 1.06 bits per heavy atom. The second kappa shape index (κ2) is 4.52. The summed E-state index contributed by atoms with van der Waals surface area (Å²) in [5.74, 6) is 0.725. The molecule has 0 fully saturated rings. The molecule has 2 rings (SSSR count). The number of thiophene rings is 2. The van der Waals surface area contributed by atoms with Gasteiger partial charge in [0, 0.05) is 14.6 Å². The average Bonchev–Trinajstić information content (AvgIpc) is 2.86. The van der Waals surface area contributed by atoms with Crippen LogP contribution in [0.25, 0.3) is 9.75 Å². The van der Waals surface area contributed by atoms with Gasteiger partial charge in [-0.2, -0.15) is 0 Å². The van der Waals surface area contributed by atoms with E-state index in [0.29, 0.717) is 5.92 Å². The molecule has 1 nitrogen and oxygen atoms in total. The molecular formula is C13H14OS2. The minimum absolute atomic E-state index is 0.150. The predicted octanol–water partition coefficient (Wildman–Crippen LogP) is 4.80. The van der Waals surface area contributed by atoms with E-state index >= 15 is 0 Å². The number of carbonyl (C=O) groups is 1. The first-order valence-electron chi connectivity index (χ1n) is 5.29. The Morgan fingerprint density at radius 2 is 1.69 bits per heavy atom. The third-order valence-electron chi connectivity index (χ3n) is 2.39. The molecule has 2 aromatic heterocycles. The van der Waals surface area contributed by atoms with Crippen LogP contribution in [0.4, 0.5) is 0 Å². The second-order valence-electron chi connectivity index (χ2n) is 4.08.